The van der Waals surface area contributed by atoms with E-state index in [1.165, 1.54) is 16.3 Å². The van der Waals surface area contributed by atoms with Crippen LogP contribution in [0.25, 0.3) is 10.8 Å². The summed E-state index contributed by atoms with van der Waals surface area (Å²) in [5.41, 5.74) is 1.26. The first-order valence-corrected chi connectivity index (χ1v) is 8.61. The maximum absolute atomic E-state index is 12.3. The SMILES string of the molecule is CC(C)NC(=O)CCNC(=O)[C@@H]1C[C@@H]1c1cccc2ccccc12. The van der Waals surface area contributed by atoms with Crippen molar-refractivity contribution in [3.63, 3.8) is 0 Å². The van der Waals surface area contributed by atoms with Gasteiger partial charge in [-0.2, -0.15) is 0 Å². The Balaban J connectivity index is 1.55. The normalized spacial score (nSPS) is 19.3. The molecule has 0 saturated heterocycles. The Morgan fingerprint density at radius 1 is 1.12 bits per heavy atom. The van der Waals surface area contributed by atoms with Gasteiger partial charge in [0.1, 0.15) is 0 Å². The van der Waals surface area contributed by atoms with Gasteiger partial charge in [-0.15, -0.1) is 0 Å². The van der Waals surface area contributed by atoms with E-state index in [9.17, 15) is 9.59 Å². The van der Waals surface area contributed by atoms with Crippen molar-refractivity contribution < 1.29 is 9.59 Å². The molecule has 2 atom stereocenters. The van der Waals surface area contributed by atoms with Crippen molar-refractivity contribution in [2.75, 3.05) is 6.54 Å². The number of hydrogen-bond acceptors (Lipinski definition) is 2. The van der Waals surface area contributed by atoms with E-state index in [-0.39, 0.29) is 23.8 Å². The second-order valence-corrected chi connectivity index (χ2v) is 6.78. The van der Waals surface area contributed by atoms with Gasteiger partial charge in [0, 0.05) is 24.9 Å². The first-order valence-electron chi connectivity index (χ1n) is 8.61. The average molecular weight is 324 g/mol. The fourth-order valence-electron chi connectivity index (χ4n) is 3.23. The van der Waals surface area contributed by atoms with Crippen molar-refractivity contribution in [1.82, 2.24) is 10.6 Å². The standard InChI is InChI=1S/C20H24N2O2/c1-13(2)22-19(23)10-11-21-20(24)18-12-17(18)16-9-5-7-14-6-3-4-8-15(14)16/h3-9,13,17-18H,10-12H2,1-2H3,(H,21,24)(H,22,23)/t17-,18-/m1/s1. The number of hydrogen-bond donors (Lipinski definition) is 2. The molecule has 4 heteroatoms. The topological polar surface area (TPSA) is 58.2 Å². The zero-order valence-electron chi connectivity index (χ0n) is 14.2. The lowest BCUT2D eigenvalue weighted by molar-refractivity contribution is -0.123. The molecule has 0 aromatic heterocycles. The summed E-state index contributed by atoms with van der Waals surface area (Å²) in [6.07, 6.45) is 1.22. The van der Waals surface area contributed by atoms with Gasteiger partial charge in [0.25, 0.3) is 0 Å². The molecule has 0 heterocycles. The van der Waals surface area contributed by atoms with Crippen LogP contribution in [-0.2, 0) is 9.59 Å². The number of rotatable bonds is 6. The van der Waals surface area contributed by atoms with Crippen molar-refractivity contribution in [3.05, 3.63) is 48.0 Å². The van der Waals surface area contributed by atoms with Gasteiger partial charge in [0.2, 0.25) is 11.8 Å². The lowest BCUT2D eigenvalue weighted by Gasteiger charge is -2.09. The third-order valence-corrected chi connectivity index (χ3v) is 4.45. The Kier molecular flexibility index (Phi) is 4.84. The average Bonchev–Trinajstić information content (AvgIpc) is 3.34. The minimum Gasteiger partial charge on any atom is -0.355 e. The fraction of sp³-hybridized carbons (Fsp3) is 0.400. The zero-order chi connectivity index (χ0) is 17.1. The van der Waals surface area contributed by atoms with Gasteiger partial charge in [-0.05, 0) is 42.5 Å². The zero-order valence-corrected chi connectivity index (χ0v) is 14.2. The molecule has 0 bridgehead atoms. The predicted molar refractivity (Wildman–Crippen MR) is 95.7 cm³/mol. The molecule has 24 heavy (non-hydrogen) atoms. The van der Waals surface area contributed by atoms with Crippen molar-refractivity contribution in [2.45, 2.75) is 38.6 Å². The van der Waals surface area contributed by atoms with E-state index in [0.717, 1.165) is 6.42 Å². The maximum Gasteiger partial charge on any atom is 0.223 e. The molecule has 2 aromatic carbocycles. The monoisotopic (exact) mass is 324 g/mol. The van der Waals surface area contributed by atoms with Gasteiger partial charge in [-0.25, -0.2) is 0 Å². The highest BCUT2D eigenvalue weighted by Crippen LogP contribution is 2.49. The molecule has 1 saturated carbocycles. The van der Waals surface area contributed by atoms with E-state index in [4.69, 9.17) is 0 Å². The van der Waals surface area contributed by atoms with E-state index >= 15 is 0 Å². The molecule has 2 N–H and O–H groups in total. The number of benzene rings is 2. The summed E-state index contributed by atoms with van der Waals surface area (Å²) in [6, 6.07) is 14.7. The predicted octanol–water partition coefficient (Wildman–Crippen LogP) is 2.97. The Labute approximate surface area is 142 Å². The highest BCUT2D eigenvalue weighted by Gasteiger charge is 2.44. The summed E-state index contributed by atoms with van der Waals surface area (Å²) in [5, 5.41) is 8.17. The summed E-state index contributed by atoms with van der Waals surface area (Å²) >= 11 is 0. The van der Waals surface area contributed by atoms with Gasteiger partial charge in [0.15, 0.2) is 0 Å². The van der Waals surface area contributed by atoms with Gasteiger partial charge in [-0.3, -0.25) is 9.59 Å². The Morgan fingerprint density at radius 3 is 2.67 bits per heavy atom. The molecule has 1 fully saturated rings. The third kappa shape index (κ3) is 3.75. The molecule has 2 aromatic rings. The Morgan fingerprint density at radius 2 is 1.88 bits per heavy atom. The van der Waals surface area contributed by atoms with Crippen LogP contribution in [0.3, 0.4) is 0 Å². The molecule has 2 amide bonds. The van der Waals surface area contributed by atoms with Crippen LogP contribution in [0.1, 0.15) is 38.2 Å². The number of carbonyl (C=O) groups excluding carboxylic acids is 2. The lowest BCUT2D eigenvalue weighted by Crippen LogP contribution is -2.34. The van der Waals surface area contributed by atoms with E-state index in [0.29, 0.717) is 18.9 Å². The van der Waals surface area contributed by atoms with Crippen LogP contribution < -0.4 is 10.6 Å². The number of fused-ring (bicyclic) bond motifs is 1. The number of nitrogens with one attached hydrogen (secondary N) is 2. The van der Waals surface area contributed by atoms with E-state index in [1.54, 1.807) is 0 Å². The first kappa shape index (κ1) is 16.5. The first-order chi connectivity index (χ1) is 11.6. The van der Waals surface area contributed by atoms with Gasteiger partial charge < -0.3 is 10.6 Å². The molecule has 0 spiro atoms. The van der Waals surface area contributed by atoms with Gasteiger partial charge in [-0.1, -0.05) is 42.5 Å². The van der Waals surface area contributed by atoms with E-state index in [1.807, 2.05) is 26.0 Å². The van der Waals surface area contributed by atoms with Crippen LogP contribution in [0.5, 0.6) is 0 Å². The highest BCUT2D eigenvalue weighted by molar-refractivity contribution is 5.89. The largest absolute Gasteiger partial charge is 0.355 e. The quantitative estimate of drug-likeness (QED) is 0.858. The van der Waals surface area contributed by atoms with Crippen molar-refractivity contribution >= 4 is 22.6 Å². The van der Waals surface area contributed by atoms with Crippen LogP contribution in [-0.4, -0.2) is 24.4 Å². The van der Waals surface area contributed by atoms with Crippen molar-refractivity contribution in [3.8, 4) is 0 Å². The molecule has 0 aliphatic heterocycles. The van der Waals surface area contributed by atoms with Crippen LogP contribution in [0.2, 0.25) is 0 Å². The Hall–Kier alpha value is -2.36. The lowest BCUT2D eigenvalue weighted by atomic mass is 10.00. The minimum atomic E-state index is -0.0216. The molecular formula is C20H24N2O2. The molecule has 3 rings (SSSR count). The second-order valence-electron chi connectivity index (χ2n) is 6.78. The van der Waals surface area contributed by atoms with Crippen LogP contribution in [0.4, 0.5) is 0 Å². The molecule has 1 aliphatic rings. The minimum absolute atomic E-state index is 0.0216. The summed E-state index contributed by atoms with van der Waals surface area (Å²) in [7, 11) is 0. The molecule has 0 radical (unpaired) electrons. The molecular weight excluding hydrogens is 300 g/mol. The number of carbonyl (C=O) groups is 2. The van der Waals surface area contributed by atoms with Gasteiger partial charge in [0.05, 0.1) is 0 Å². The number of amides is 2. The second kappa shape index (κ2) is 7.04. The summed E-state index contributed by atoms with van der Waals surface area (Å²) in [4.78, 5) is 23.9. The smallest absolute Gasteiger partial charge is 0.223 e. The molecule has 126 valence electrons. The Bertz CT molecular complexity index is 749. The van der Waals surface area contributed by atoms with Crippen molar-refractivity contribution in [2.24, 2.45) is 5.92 Å². The van der Waals surface area contributed by atoms with Crippen LogP contribution >= 0.6 is 0 Å². The van der Waals surface area contributed by atoms with Crippen LogP contribution in [0.15, 0.2) is 42.5 Å². The fourth-order valence-corrected chi connectivity index (χ4v) is 3.23. The maximum atomic E-state index is 12.3. The summed E-state index contributed by atoms with van der Waals surface area (Å²) in [5.74, 6) is 0.363. The van der Waals surface area contributed by atoms with Crippen molar-refractivity contribution in [1.29, 1.82) is 0 Å². The van der Waals surface area contributed by atoms with Crippen LogP contribution in [0, 0.1) is 5.92 Å². The van der Waals surface area contributed by atoms with Gasteiger partial charge >= 0.3 is 0 Å². The third-order valence-electron chi connectivity index (χ3n) is 4.45. The molecule has 4 nitrogen and oxygen atoms in total. The van der Waals surface area contributed by atoms with E-state index < -0.39 is 0 Å². The highest BCUT2D eigenvalue weighted by atomic mass is 16.2. The molecule has 0 unspecified atom stereocenters. The summed E-state index contributed by atoms with van der Waals surface area (Å²) < 4.78 is 0. The summed E-state index contributed by atoms with van der Waals surface area (Å²) in [6.45, 7) is 4.25. The molecule has 1 aliphatic carbocycles. The van der Waals surface area contributed by atoms with E-state index in [2.05, 4.69) is 41.0 Å².